The molecule has 0 saturated carbocycles. The molecular formula is C20H19N3O2S. The SMILES string of the molecule is CC1=NN(c2ccc(C(=O)OC(C)c3nc4ccccc4s3)cc2)CC1. The number of hydrogen-bond donors (Lipinski definition) is 0. The molecule has 1 aliphatic heterocycles. The van der Waals surface area contributed by atoms with E-state index in [0.29, 0.717) is 5.56 Å². The number of thiazole rings is 1. The largest absolute Gasteiger partial charge is 0.452 e. The lowest BCUT2D eigenvalue weighted by Crippen LogP contribution is -2.13. The van der Waals surface area contributed by atoms with Crippen molar-refractivity contribution < 1.29 is 9.53 Å². The van der Waals surface area contributed by atoms with Crippen molar-refractivity contribution in [1.82, 2.24) is 4.98 Å². The summed E-state index contributed by atoms with van der Waals surface area (Å²) in [7, 11) is 0. The van der Waals surface area contributed by atoms with E-state index in [0.717, 1.165) is 39.6 Å². The lowest BCUT2D eigenvalue weighted by atomic mass is 10.2. The minimum Gasteiger partial charge on any atom is -0.452 e. The molecule has 5 nitrogen and oxygen atoms in total. The molecule has 1 aromatic heterocycles. The third-order valence-corrected chi connectivity index (χ3v) is 5.52. The van der Waals surface area contributed by atoms with Crippen LogP contribution in [0.5, 0.6) is 0 Å². The monoisotopic (exact) mass is 365 g/mol. The molecule has 1 atom stereocenters. The molecule has 2 aromatic carbocycles. The molecule has 3 aromatic rings. The molecule has 0 fully saturated rings. The molecule has 0 N–H and O–H groups in total. The van der Waals surface area contributed by atoms with Crippen molar-refractivity contribution in [2.45, 2.75) is 26.4 Å². The number of anilines is 1. The highest BCUT2D eigenvalue weighted by molar-refractivity contribution is 7.18. The van der Waals surface area contributed by atoms with Gasteiger partial charge in [-0.2, -0.15) is 5.10 Å². The first-order valence-corrected chi connectivity index (χ1v) is 9.40. The van der Waals surface area contributed by atoms with Gasteiger partial charge < -0.3 is 4.74 Å². The fraction of sp³-hybridized carbons (Fsp3) is 0.250. The number of para-hydroxylation sites is 1. The molecule has 6 heteroatoms. The predicted molar refractivity (Wildman–Crippen MR) is 105 cm³/mol. The zero-order chi connectivity index (χ0) is 18.1. The fourth-order valence-corrected chi connectivity index (χ4v) is 3.82. The summed E-state index contributed by atoms with van der Waals surface area (Å²) < 4.78 is 6.70. The molecular weight excluding hydrogens is 346 g/mol. The third kappa shape index (κ3) is 3.32. The number of ether oxygens (including phenoxy) is 1. The van der Waals surface area contributed by atoms with E-state index in [1.807, 2.05) is 55.3 Å². The van der Waals surface area contributed by atoms with Gasteiger partial charge in [0.25, 0.3) is 0 Å². The van der Waals surface area contributed by atoms with Crippen molar-refractivity contribution in [3.05, 3.63) is 59.1 Å². The number of aromatic nitrogens is 1. The highest BCUT2D eigenvalue weighted by Gasteiger charge is 2.18. The van der Waals surface area contributed by atoms with Crippen molar-refractivity contribution in [1.29, 1.82) is 0 Å². The summed E-state index contributed by atoms with van der Waals surface area (Å²) in [6, 6.07) is 15.3. The van der Waals surface area contributed by atoms with E-state index >= 15 is 0 Å². The maximum Gasteiger partial charge on any atom is 0.338 e. The highest BCUT2D eigenvalue weighted by Crippen LogP contribution is 2.29. The minimum atomic E-state index is -0.384. The van der Waals surface area contributed by atoms with E-state index in [9.17, 15) is 4.79 Å². The van der Waals surface area contributed by atoms with Gasteiger partial charge in [-0.3, -0.25) is 5.01 Å². The summed E-state index contributed by atoms with van der Waals surface area (Å²) in [4.78, 5) is 17.0. The van der Waals surface area contributed by atoms with Gasteiger partial charge in [0, 0.05) is 18.7 Å². The van der Waals surface area contributed by atoms with E-state index in [1.165, 1.54) is 0 Å². The first-order chi connectivity index (χ1) is 12.6. The van der Waals surface area contributed by atoms with Crippen LogP contribution >= 0.6 is 11.3 Å². The Morgan fingerprint density at radius 2 is 1.96 bits per heavy atom. The molecule has 0 aliphatic carbocycles. The summed E-state index contributed by atoms with van der Waals surface area (Å²) >= 11 is 1.55. The van der Waals surface area contributed by atoms with E-state index in [4.69, 9.17) is 4.74 Å². The van der Waals surface area contributed by atoms with Crippen LogP contribution in [-0.4, -0.2) is 23.2 Å². The second-order valence-electron chi connectivity index (χ2n) is 6.32. The maximum atomic E-state index is 12.4. The number of benzene rings is 2. The number of nitrogens with zero attached hydrogens (tertiary/aromatic N) is 3. The summed E-state index contributed by atoms with van der Waals surface area (Å²) in [6.45, 7) is 4.76. The van der Waals surface area contributed by atoms with Gasteiger partial charge in [-0.05, 0) is 50.2 Å². The standard InChI is InChI=1S/C20H19N3O2S/c1-13-11-12-23(22-13)16-9-7-15(8-10-16)20(24)25-14(2)19-21-17-5-3-4-6-18(17)26-19/h3-10,14H,11-12H2,1-2H3. The first-order valence-electron chi connectivity index (χ1n) is 8.58. The normalized spacial score (nSPS) is 15.2. The van der Waals surface area contributed by atoms with Crippen LogP contribution in [0.25, 0.3) is 10.2 Å². The molecule has 0 saturated heterocycles. The molecule has 2 heterocycles. The van der Waals surface area contributed by atoms with Gasteiger partial charge in [0.1, 0.15) is 5.01 Å². The predicted octanol–water partition coefficient (Wildman–Crippen LogP) is 4.80. The van der Waals surface area contributed by atoms with Gasteiger partial charge in [-0.15, -0.1) is 11.3 Å². The lowest BCUT2D eigenvalue weighted by Gasteiger charge is -2.14. The maximum absolute atomic E-state index is 12.4. The van der Waals surface area contributed by atoms with Gasteiger partial charge in [0.15, 0.2) is 6.10 Å². The molecule has 1 unspecified atom stereocenters. The number of hydrogen-bond acceptors (Lipinski definition) is 6. The van der Waals surface area contributed by atoms with Crippen molar-refractivity contribution in [3.63, 3.8) is 0 Å². The van der Waals surface area contributed by atoms with Crippen LogP contribution in [0, 0.1) is 0 Å². The van der Waals surface area contributed by atoms with Crippen LogP contribution in [-0.2, 0) is 4.74 Å². The van der Waals surface area contributed by atoms with Crippen LogP contribution in [0.3, 0.4) is 0 Å². The number of hydrazone groups is 1. The number of carbonyl (C=O) groups excluding carboxylic acids is 1. The van der Waals surface area contributed by atoms with E-state index in [-0.39, 0.29) is 12.1 Å². The summed E-state index contributed by atoms with van der Waals surface area (Å²) in [6.07, 6.45) is 0.592. The van der Waals surface area contributed by atoms with Crippen molar-refractivity contribution in [2.24, 2.45) is 5.10 Å². The second-order valence-corrected chi connectivity index (χ2v) is 7.38. The molecule has 4 rings (SSSR count). The zero-order valence-electron chi connectivity index (χ0n) is 14.7. The number of esters is 1. The lowest BCUT2D eigenvalue weighted by molar-refractivity contribution is 0.0338. The van der Waals surface area contributed by atoms with Crippen molar-refractivity contribution in [3.8, 4) is 0 Å². The Kier molecular flexibility index (Phi) is 4.42. The summed E-state index contributed by atoms with van der Waals surface area (Å²) in [5.41, 5.74) is 3.57. The van der Waals surface area contributed by atoms with Gasteiger partial charge in [-0.1, -0.05) is 12.1 Å². The number of rotatable bonds is 4. The Labute approximate surface area is 155 Å². The Morgan fingerprint density at radius 1 is 1.19 bits per heavy atom. The van der Waals surface area contributed by atoms with Gasteiger partial charge in [-0.25, -0.2) is 9.78 Å². The van der Waals surface area contributed by atoms with Crippen LogP contribution < -0.4 is 5.01 Å². The Hall–Kier alpha value is -2.73. The van der Waals surface area contributed by atoms with Gasteiger partial charge in [0.2, 0.25) is 0 Å². The fourth-order valence-electron chi connectivity index (χ4n) is 2.87. The molecule has 0 spiro atoms. The second kappa shape index (κ2) is 6.88. The molecule has 0 amide bonds. The van der Waals surface area contributed by atoms with E-state index < -0.39 is 0 Å². The van der Waals surface area contributed by atoms with Crippen molar-refractivity contribution in [2.75, 3.05) is 11.6 Å². The molecule has 132 valence electrons. The topological polar surface area (TPSA) is 54.8 Å². The first kappa shape index (κ1) is 16.7. The molecule has 0 radical (unpaired) electrons. The average molecular weight is 365 g/mol. The summed E-state index contributed by atoms with van der Waals surface area (Å²) in [5.74, 6) is -0.343. The number of carbonyl (C=O) groups is 1. The van der Waals surface area contributed by atoms with Crippen LogP contribution in [0.4, 0.5) is 5.69 Å². The molecule has 1 aliphatic rings. The summed E-state index contributed by atoms with van der Waals surface area (Å²) in [5, 5.41) is 7.23. The van der Waals surface area contributed by atoms with E-state index in [2.05, 4.69) is 10.1 Å². The van der Waals surface area contributed by atoms with Crippen molar-refractivity contribution >= 4 is 38.9 Å². The molecule has 26 heavy (non-hydrogen) atoms. The zero-order valence-corrected chi connectivity index (χ0v) is 15.5. The quantitative estimate of drug-likeness (QED) is 0.623. The Bertz CT molecular complexity index is 945. The molecule has 0 bridgehead atoms. The van der Waals surface area contributed by atoms with Crippen LogP contribution in [0.15, 0.2) is 53.6 Å². The third-order valence-electron chi connectivity index (χ3n) is 4.32. The van der Waals surface area contributed by atoms with Gasteiger partial charge >= 0.3 is 5.97 Å². The average Bonchev–Trinajstić information content (AvgIpc) is 3.28. The van der Waals surface area contributed by atoms with Crippen LogP contribution in [0.1, 0.15) is 41.7 Å². The Morgan fingerprint density at radius 3 is 2.65 bits per heavy atom. The Balaban J connectivity index is 1.45. The highest BCUT2D eigenvalue weighted by atomic mass is 32.1. The number of fused-ring (bicyclic) bond motifs is 1. The van der Waals surface area contributed by atoms with Gasteiger partial charge in [0.05, 0.1) is 21.5 Å². The van der Waals surface area contributed by atoms with Crippen LogP contribution in [0.2, 0.25) is 0 Å². The minimum absolute atomic E-state index is 0.343. The smallest absolute Gasteiger partial charge is 0.338 e. The van der Waals surface area contributed by atoms with E-state index in [1.54, 1.807) is 23.5 Å².